The van der Waals surface area contributed by atoms with Crippen LogP contribution in [0.15, 0.2) is 24.5 Å². The summed E-state index contributed by atoms with van der Waals surface area (Å²) in [6.07, 6.45) is 0.203. The SMILES string of the molecule is COC1COCCC1NC1CCN(C(=O)c2ncnc(N3CCc4ccc(C(F)(F)F)cc4C3)c2C)CC1. The Kier molecular flexibility index (Phi) is 7.88. The van der Waals surface area contributed by atoms with Gasteiger partial charge in [0.15, 0.2) is 0 Å². The van der Waals surface area contributed by atoms with Crippen LogP contribution < -0.4 is 10.2 Å². The smallest absolute Gasteiger partial charge is 0.379 e. The molecule has 4 heterocycles. The molecule has 0 aliphatic carbocycles. The Bertz CT molecular complexity index is 1150. The Balaban J connectivity index is 1.24. The molecule has 1 aromatic heterocycles. The summed E-state index contributed by atoms with van der Waals surface area (Å²) in [6, 6.07) is 4.47. The molecule has 2 saturated heterocycles. The summed E-state index contributed by atoms with van der Waals surface area (Å²) in [5.74, 6) is 0.454. The number of aromatic nitrogens is 2. The average molecular weight is 534 g/mol. The van der Waals surface area contributed by atoms with E-state index in [0.717, 1.165) is 37.5 Å². The lowest BCUT2D eigenvalue weighted by Gasteiger charge is -2.38. The van der Waals surface area contributed by atoms with Gasteiger partial charge in [0.1, 0.15) is 17.8 Å². The van der Waals surface area contributed by atoms with E-state index in [1.54, 1.807) is 13.2 Å². The third kappa shape index (κ3) is 5.64. The zero-order valence-electron chi connectivity index (χ0n) is 21.8. The highest BCUT2D eigenvalue weighted by Crippen LogP contribution is 2.33. The minimum Gasteiger partial charge on any atom is -0.379 e. The van der Waals surface area contributed by atoms with E-state index in [0.29, 0.717) is 67.9 Å². The van der Waals surface area contributed by atoms with Gasteiger partial charge in [-0.25, -0.2) is 9.97 Å². The standard InChI is InChI=1S/C27H34F3N5O3/c1-17-24(26(36)34-10-6-21(7-11-34)33-22-8-12-38-15-23(22)37-2)31-16-32-25(17)35-9-5-18-3-4-20(27(28,29)30)13-19(18)14-35/h3-4,13,16,21-23,33H,5-12,14-15H2,1-2H3. The Labute approximate surface area is 220 Å². The number of benzene rings is 1. The lowest BCUT2D eigenvalue weighted by atomic mass is 9.96. The number of nitrogens with zero attached hydrogens (tertiary/aromatic N) is 4. The van der Waals surface area contributed by atoms with Gasteiger partial charge in [-0.2, -0.15) is 13.2 Å². The third-order valence-corrected chi connectivity index (χ3v) is 7.94. The molecular formula is C27H34F3N5O3. The first-order chi connectivity index (χ1) is 18.2. The number of rotatable bonds is 5. The van der Waals surface area contributed by atoms with Crippen LogP contribution in [-0.4, -0.2) is 78.9 Å². The van der Waals surface area contributed by atoms with Gasteiger partial charge in [0.25, 0.3) is 5.91 Å². The molecule has 2 atom stereocenters. The number of methoxy groups -OCH3 is 1. The Hall–Kier alpha value is -2.76. The Morgan fingerprint density at radius 3 is 2.66 bits per heavy atom. The van der Waals surface area contributed by atoms with Crippen molar-refractivity contribution in [3.05, 3.63) is 52.5 Å². The van der Waals surface area contributed by atoms with Gasteiger partial charge in [-0.3, -0.25) is 4.79 Å². The third-order valence-electron chi connectivity index (χ3n) is 7.94. The topological polar surface area (TPSA) is 79.8 Å². The number of carbonyl (C=O) groups is 1. The van der Waals surface area contributed by atoms with Crippen LogP contribution in [0.5, 0.6) is 0 Å². The number of hydrogen-bond acceptors (Lipinski definition) is 7. The van der Waals surface area contributed by atoms with Crippen LogP contribution in [0.1, 0.15) is 52.0 Å². The molecule has 3 aliphatic rings. The maximum atomic E-state index is 13.4. The number of ether oxygens (including phenoxy) is 2. The van der Waals surface area contributed by atoms with Gasteiger partial charge >= 0.3 is 6.18 Å². The summed E-state index contributed by atoms with van der Waals surface area (Å²) in [7, 11) is 1.70. The molecule has 5 rings (SSSR count). The van der Waals surface area contributed by atoms with Gasteiger partial charge in [0.2, 0.25) is 0 Å². The van der Waals surface area contributed by atoms with Crippen LogP contribution in [0, 0.1) is 6.92 Å². The number of amides is 1. The van der Waals surface area contributed by atoms with E-state index >= 15 is 0 Å². The van der Waals surface area contributed by atoms with E-state index in [-0.39, 0.29) is 18.1 Å². The van der Waals surface area contributed by atoms with Crippen molar-refractivity contribution in [3.8, 4) is 0 Å². The maximum Gasteiger partial charge on any atom is 0.416 e. The molecule has 38 heavy (non-hydrogen) atoms. The predicted molar refractivity (Wildman–Crippen MR) is 135 cm³/mol. The highest BCUT2D eigenvalue weighted by molar-refractivity contribution is 5.94. The first-order valence-corrected chi connectivity index (χ1v) is 13.2. The quantitative estimate of drug-likeness (QED) is 0.632. The van der Waals surface area contributed by atoms with E-state index in [1.165, 1.54) is 12.4 Å². The number of fused-ring (bicyclic) bond motifs is 1. The molecule has 8 nitrogen and oxygen atoms in total. The van der Waals surface area contributed by atoms with Gasteiger partial charge in [-0.15, -0.1) is 0 Å². The molecule has 0 bridgehead atoms. The summed E-state index contributed by atoms with van der Waals surface area (Å²) in [5, 5.41) is 3.70. The summed E-state index contributed by atoms with van der Waals surface area (Å²) < 4.78 is 50.8. The molecule has 0 saturated carbocycles. The lowest BCUT2D eigenvalue weighted by Crippen LogP contribution is -2.54. The van der Waals surface area contributed by atoms with Crippen LogP contribution >= 0.6 is 0 Å². The monoisotopic (exact) mass is 533 g/mol. The minimum absolute atomic E-state index is 0.0345. The van der Waals surface area contributed by atoms with Gasteiger partial charge < -0.3 is 24.6 Å². The van der Waals surface area contributed by atoms with Crippen molar-refractivity contribution in [2.45, 2.75) is 63.5 Å². The fourth-order valence-corrected chi connectivity index (χ4v) is 5.73. The first kappa shape index (κ1) is 26.8. The van der Waals surface area contributed by atoms with Crippen molar-refractivity contribution < 1.29 is 27.4 Å². The Morgan fingerprint density at radius 1 is 1.13 bits per heavy atom. The van der Waals surface area contributed by atoms with Crippen LogP contribution in [0.25, 0.3) is 0 Å². The summed E-state index contributed by atoms with van der Waals surface area (Å²) >= 11 is 0. The van der Waals surface area contributed by atoms with E-state index in [1.807, 2.05) is 16.7 Å². The zero-order chi connectivity index (χ0) is 26.9. The van der Waals surface area contributed by atoms with Crippen molar-refractivity contribution in [2.24, 2.45) is 0 Å². The second kappa shape index (κ2) is 11.2. The zero-order valence-corrected chi connectivity index (χ0v) is 21.8. The molecule has 11 heteroatoms. The second-order valence-electron chi connectivity index (χ2n) is 10.3. The van der Waals surface area contributed by atoms with Gasteiger partial charge in [0.05, 0.1) is 18.3 Å². The maximum absolute atomic E-state index is 13.4. The number of likely N-dealkylation sites (tertiary alicyclic amines) is 1. The largest absolute Gasteiger partial charge is 0.416 e. The minimum atomic E-state index is -4.39. The predicted octanol–water partition coefficient (Wildman–Crippen LogP) is 3.36. The Morgan fingerprint density at radius 2 is 1.92 bits per heavy atom. The molecule has 0 spiro atoms. The van der Waals surface area contributed by atoms with E-state index in [4.69, 9.17) is 9.47 Å². The van der Waals surface area contributed by atoms with Gasteiger partial charge in [-0.05, 0) is 55.9 Å². The van der Waals surface area contributed by atoms with Crippen LogP contribution in [-0.2, 0) is 28.6 Å². The van der Waals surface area contributed by atoms with Crippen molar-refractivity contribution in [2.75, 3.05) is 44.9 Å². The number of piperidine rings is 1. The molecule has 1 aromatic carbocycles. The highest BCUT2D eigenvalue weighted by Gasteiger charge is 2.33. The van der Waals surface area contributed by atoms with Crippen LogP contribution in [0.3, 0.4) is 0 Å². The summed E-state index contributed by atoms with van der Waals surface area (Å²) in [4.78, 5) is 25.9. The van der Waals surface area contributed by atoms with Crippen molar-refractivity contribution >= 4 is 11.7 Å². The van der Waals surface area contributed by atoms with Gasteiger partial charge in [0, 0.05) is 57.5 Å². The molecule has 3 aliphatic heterocycles. The molecule has 0 radical (unpaired) electrons. The average Bonchev–Trinajstić information content (AvgIpc) is 2.92. The fourth-order valence-electron chi connectivity index (χ4n) is 5.73. The number of alkyl halides is 3. The number of anilines is 1. The highest BCUT2D eigenvalue weighted by atomic mass is 19.4. The number of carbonyl (C=O) groups excluding carboxylic acids is 1. The van der Waals surface area contributed by atoms with Crippen molar-refractivity contribution in [3.63, 3.8) is 0 Å². The van der Waals surface area contributed by atoms with Crippen molar-refractivity contribution in [1.29, 1.82) is 0 Å². The van der Waals surface area contributed by atoms with Crippen molar-refractivity contribution in [1.82, 2.24) is 20.2 Å². The van der Waals surface area contributed by atoms with Crippen LogP contribution in [0.4, 0.5) is 19.0 Å². The summed E-state index contributed by atoms with van der Waals surface area (Å²) in [5.41, 5.74) is 1.89. The molecule has 1 N–H and O–H groups in total. The number of hydrogen-bond donors (Lipinski definition) is 1. The molecule has 206 valence electrons. The van der Waals surface area contributed by atoms with E-state index in [2.05, 4.69) is 15.3 Å². The van der Waals surface area contributed by atoms with E-state index < -0.39 is 11.7 Å². The lowest BCUT2D eigenvalue weighted by molar-refractivity contribution is -0.137. The fraction of sp³-hybridized carbons (Fsp3) is 0.593. The molecule has 2 unspecified atom stereocenters. The second-order valence-corrected chi connectivity index (χ2v) is 10.3. The first-order valence-electron chi connectivity index (χ1n) is 13.2. The molecule has 2 aromatic rings. The number of nitrogens with one attached hydrogen (secondary N) is 1. The number of halogens is 3. The molecule has 2 fully saturated rings. The normalized spacial score (nSPS) is 22.9. The molecule has 1 amide bonds. The van der Waals surface area contributed by atoms with E-state index in [9.17, 15) is 18.0 Å². The molecular weight excluding hydrogens is 499 g/mol. The summed E-state index contributed by atoms with van der Waals surface area (Å²) in [6.45, 7) is 5.27. The van der Waals surface area contributed by atoms with Gasteiger partial charge in [-0.1, -0.05) is 6.07 Å². The van der Waals surface area contributed by atoms with Crippen LogP contribution in [0.2, 0.25) is 0 Å².